The molecule has 4 N–H and O–H groups in total. The van der Waals surface area contributed by atoms with Crippen molar-refractivity contribution in [2.24, 2.45) is 5.73 Å². The molecule has 0 aliphatic heterocycles. The Morgan fingerprint density at radius 2 is 2.12 bits per heavy atom. The molecule has 1 rings (SSSR count). The zero-order chi connectivity index (χ0) is 12.8. The SMILES string of the molecule is CCOc1ccc(NC(C)=O)c(NC(N)=S)c1. The average molecular weight is 253 g/mol. The monoisotopic (exact) mass is 253 g/mol. The van der Waals surface area contributed by atoms with E-state index in [-0.39, 0.29) is 11.0 Å². The minimum atomic E-state index is -0.167. The Balaban J connectivity index is 3.02. The van der Waals surface area contributed by atoms with Gasteiger partial charge in [0.25, 0.3) is 0 Å². The van der Waals surface area contributed by atoms with Crippen molar-refractivity contribution in [3.8, 4) is 5.75 Å². The molecule has 0 bridgehead atoms. The van der Waals surface area contributed by atoms with Gasteiger partial charge < -0.3 is 21.1 Å². The van der Waals surface area contributed by atoms with Gasteiger partial charge in [-0.2, -0.15) is 0 Å². The highest BCUT2D eigenvalue weighted by molar-refractivity contribution is 7.80. The summed E-state index contributed by atoms with van der Waals surface area (Å²) in [5.74, 6) is 0.514. The highest BCUT2D eigenvalue weighted by Gasteiger charge is 2.06. The summed E-state index contributed by atoms with van der Waals surface area (Å²) >= 11 is 4.77. The van der Waals surface area contributed by atoms with E-state index in [0.29, 0.717) is 23.7 Å². The third-order valence-corrected chi connectivity index (χ3v) is 1.97. The molecule has 0 heterocycles. The van der Waals surface area contributed by atoms with Gasteiger partial charge in [0.1, 0.15) is 5.75 Å². The molecule has 0 aromatic heterocycles. The first-order valence-electron chi connectivity index (χ1n) is 5.13. The highest BCUT2D eigenvalue weighted by Crippen LogP contribution is 2.27. The van der Waals surface area contributed by atoms with Gasteiger partial charge in [0.15, 0.2) is 5.11 Å². The third-order valence-electron chi connectivity index (χ3n) is 1.87. The molecule has 0 saturated carbocycles. The first kappa shape index (κ1) is 13.2. The maximum Gasteiger partial charge on any atom is 0.221 e. The van der Waals surface area contributed by atoms with Crippen molar-refractivity contribution >= 4 is 34.6 Å². The van der Waals surface area contributed by atoms with Crippen LogP contribution in [-0.4, -0.2) is 17.6 Å². The van der Waals surface area contributed by atoms with Crippen LogP contribution >= 0.6 is 12.2 Å². The van der Waals surface area contributed by atoms with Gasteiger partial charge in [0.05, 0.1) is 18.0 Å². The van der Waals surface area contributed by atoms with Gasteiger partial charge in [-0.05, 0) is 31.3 Å². The van der Waals surface area contributed by atoms with E-state index >= 15 is 0 Å². The Morgan fingerprint density at radius 3 is 2.65 bits per heavy atom. The second-order valence-electron chi connectivity index (χ2n) is 3.31. The molecule has 1 aromatic rings. The van der Waals surface area contributed by atoms with E-state index < -0.39 is 0 Å². The van der Waals surface area contributed by atoms with E-state index in [9.17, 15) is 4.79 Å². The molecule has 6 heteroatoms. The maximum absolute atomic E-state index is 11.0. The number of amides is 1. The molecule has 92 valence electrons. The van der Waals surface area contributed by atoms with Crippen molar-refractivity contribution in [3.63, 3.8) is 0 Å². The lowest BCUT2D eigenvalue weighted by atomic mass is 10.2. The Labute approximate surface area is 105 Å². The Kier molecular flexibility index (Phi) is 4.71. The van der Waals surface area contributed by atoms with Crippen LogP contribution in [0.25, 0.3) is 0 Å². The van der Waals surface area contributed by atoms with E-state index in [1.54, 1.807) is 18.2 Å². The average Bonchev–Trinajstić information content (AvgIpc) is 2.21. The van der Waals surface area contributed by atoms with E-state index in [1.807, 2.05) is 6.92 Å². The molecule has 0 fully saturated rings. The molecular weight excluding hydrogens is 238 g/mol. The molecule has 0 unspecified atom stereocenters. The van der Waals surface area contributed by atoms with Crippen LogP contribution < -0.4 is 21.1 Å². The van der Waals surface area contributed by atoms with Crippen molar-refractivity contribution in [2.75, 3.05) is 17.2 Å². The second-order valence-corrected chi connectivity index (χ2v) is 3.75. The van der Waals surface area contributed by atoms with Crippen molar-refractivity contribution in [1.29, 1.82) is 0 Å². The predicted molar refractivity (Wildman–Crippen MR) is 72.3 cm³/mol. The summed E-state index contributed by atoms with van der Waals surface area (Å²) < 4.78 is 5.35. The fourth-order valence-electron chi connectivity index (χ4n) is 1.31. The minimum Gasteiger partial charge on any atom is -0.494 e. The number of carbonyl (C=O) groups excluding carboxylic acids is 1. The van der Waals surface area contributed by atoms with Gasteiger partial charge in [0.2, 0.25) is 5.91 Å². The van der Waals surface area contributed by atoms with Crippen LogP contribution in [0.1, 0.15) is 13.8 Å². The summed E-state index contributed by atoms with van der Waals surface area (Å²) in [6.45, 7) is 3.88. The normalized spacial score (nSPS) is 9.53. The lowest BCUT2D eigenvalue weighted by Crippen LogP contribution is -2.20. The molecule has 0 spiro atoms. The van der Waals surface area contributed by atoms with E-state index in [4.69, 9.17) is 22.7 Å². The number of hydrogen-bond donors (Lipinski definition) is 3. The van der Waals surface area contributed by atoms with Crippen molar-refractivity contribution < 1.29 is 9.53 Å². The summed E-state index contributed by atoms with van der Waals surface area (Å²) in [7, 11) is 0. The van der Waals surface area contributed by atoms with Crippen molar-refractivity contribution in [1.82, 2.24) is 0 Å². The number of hydrogen-bond acceptors (Lipinski definition) is 3. The molecule has 1 amide bonds. The number of thiocarbonyl (C=S) groups is 1. The first-order chi connectivity index (χ1) is 8.02. The number of ether oxygens (including phenoxy) is 1. The van der Waals surface area contributed by atoms with Crippen LogP contribution in [0.3, 0.4) is 0 Å². The molecule has 5 nitrogen and oxygen atoms in total. The van der Waals surface area contributed by atoms with Gasteiger partial charge in [-0.1, -0.05) is 0 Å². The molecule has 1 aromatic carbocycles. The van der Waals surface area contributed by atoms with Crippen LogP contribution in [0, 0.1) is 0 Å². The van der Waals surface area contributed by atoms with Crippen LogP contribution in [0.4, 0.5) is 11.4 Å². The van der Waals surface area contributed by atoms with Crippen molar-refractivity contribution in [2.45, 2.75) is 13.8 Å². The van der Waals surface area contributed by atoms with Gasteiger partial charge in [-0.3, -0.25) is 4.79 Å². The van der Waals surface area contributed by atoms with Crippen LogP contribution in [0.15, 0.2) is 18.2 Å². The number of carbonyl (C=O) groups is 1. The minimum absolute atomic E-state index is 0.130. The lowest BCUT2D eigenvalue weighted by molar-refractivity contribution is -0.114. The number of nitrogens with one attached hydrogen (secondary N) is 2. The number of rotatable bonds is 4. The maximum atomic E-state index is 11.0. The Morgan fingerprint density at radius 1 is 1.41 bits per heavy atom. The number of nitrogens with two attached hydrogens (primary N) is 1. The molecule has 0 saturated heterocycles. The van der Waals surface area contributed by atoms with E-state index in [0.717, 1.165) is 0 Å². The smallest absolute Gasteiger partial charge is 0.221 e. The summed E-state index contributed by atoms with van der Waals surface area (Å²) in [6, 6.07) is 5.22. The second kappa shape index (κ2) is 6.05. The van der Waals surface area contributed by atoms with Crippen LogP contribution in [-0.2, 0) is 4.79 Å². The quantitative estimate of drug-likeness (QED) is 0.712. The molecule has 0 radical (unpaired) electrons. The Bertz CT molecular complexity index is 435. The lowest BCUT2D eigenvalue weighted by Gasteiger charge is -2.13. The molecule has 0 aliphatic rings. The van der Waals surface area contributed by atoms with E-state index in [2.05, 4.69) is 10.6 Å². The number of benzene rings is 1. The van der Waals surface area contributed by atoms with E-state index in [1.165, 1.54) is 6.92 Å². The summed E-state index contributed by atoms with van der Waals surface area (Å²) in [4.78, 5) is 11.0. The molecule has 0 atom stereocenters. The fraction of sp³-hybridized carbons (Fsp3) is 0.273. The molecular formula is C11H15N3O2S. The largest absolute Gasteiger partial charge is 0.494 e. The molecule has 17 heavy (non-hydrogen) atoms. The zero-order valence-electron chi connectivity index (χ0n) is 9.74. The first-order valence-corrected chi connectivity index (χ1v) is 5.54. The molecule has 0 aliphatic carbocycles. The Hall–Kier alpha value is -1.82. The predicted octanol–water partition coefficient (Wildman–Crippen LogP) is 1.70. The van der Waals surface area contributed by atoms with Gasteiger partial charge in [-0.15, -0.1) is 0 Å². The summed E-state index contributed by atoms with van der Waals surface area (Å²) in [5, 5.41) is 5.60. The summed E-state index contributed by atoms with van der Waals surface area (Å²) in [5.41, 5.74) is 6.63. The summed E-state index contributed by atoms with van der Waals surface area (Å²) in [6.07, 6.45) is 0. The standard InChI is InChI=1S/C11H15N3O2S/c1-3-16-8-4-5-9(13-7(2)15)10(6-8)14-11(12)17/h4-6H,3H2,1-2H3,(H,13,15)(H3,12,14,17). The van der Waals surface area contributed by atoms with Gasteiger partial charge >= 0.3 is 0 Å². The highest BCUT2D eigenvalue weighted by atomic mass is 32.1. The number of anilines is 2. The van der Waals surface area contributed by atoms with Gasteiger partial charge in [0, 0.05) is 13.0 Å². The van der Waals surface area contributed by atoms with Gasteiger partial charge in [-0.25, -0.2) is 0 Å². The van der Waals surface area contributed by atoms with Crippen LogP contribution in [0.5, 0.6) is 5.75 Å². The van der Waals surface area contributed by atoms with Crippen molar-refractivity contribution in [3.05, 3.63) is 18.2 Å². The fourth-order valence-corrected chi connectivity index (χ4v) is 1.42. The topological polar surface area (TPSA) is 76.4 Å². The third kappa shape index (κ3) is 4.28. The zero-order valence-corrected chi connectivity index (χ0v) is 10.6. The van der Waals surface area contributed by atoms with Crippen LogP contribution in [0.2, 0.25) is 0 Å².